The fourth-order valence-electron chi connectivity index (χ4n) is 0.862. The lowest BCUT2D eigenvalue weighted by Crippen LogP contribution is -2.02. The second kappa shape index (κ2) is 4.76. The zero-order chi connectivity index (χ0) is 9.84. The van der Waals surface area contributed by atoms with E-state index < -0.39 is 0 Å². The van der Waals surface area contributed by atoms with Gasteiger partial charge in [-0.05, 0) is 41.1 Å². The summed E-state index contributed by atoms with van der Waals surface area (Å²) >= 11 is 1.91. The first-order valence-electron chi connectivity index (χ1n) is 3.73. The van der Waals surface area contributed by atoms with Gasteiger partial charge < -0.3 is 9.47 Å². The summed E-state index contributed by atoms with van der Waals surface area (Å²) in [5.41, 5.74) is 0.620. The fraction of sp³-hybridized carbons (Fsp3) is 0.333. The van der Waals surface area contributed by atoms with Crippen molar-refractivity contribution in [3.05, 3.63) is 27.1 Å². The lowest BCUT2D eigenvalue weighted by Gasteiger charge is -2.08. The summed E-state index contributed by atoms with van der Waals surface area (Å²) < 4.78 is 23.7. The molecule has 0 spiro atoms. The van der Waals surface area contributed by atoms with Crippen molar-refractivity contribution >= 4 is 22.6 Å². The van der Waals surface area contributed by atoms with Gasteiger partial charge in [-0.1, -0.05) is 6.07 Å². The first kappa shape index (κ1) is 10.7. The van der Waals surface area contributed by atoms with Crippen LogP contribution in [0.2, 0.25) is 0 Å². The third-order valence-electron chi connectivity index (χ3n) is 1.57. The van der Waals surface area contributed by atoms with Gasteiger partial charge in [0.1, 0.15) is 11.6 Å². The quantitative estimate of drug-likeness (QED) is 0.631. The van der Waals surface area contributed by atoms with E-state index in [2.05, 4.69) is 0 Å². The van der Waals surface area contributed by atoms with E-state index in [9.17, 15) is 4.39 Å². The summed E-state index contributed by atoms with van der Waals surface area (Å²) in [4.78, 5) is 0. The van der Waals surface area contributed by atoms with Crippen molar-refractivity contribution in [1.29, 1.82) is 0 Å². The van der Waals surface area contributed by atoms with Gasteiger partial charge in [0.05, 0.1) is 3.57 Å². The molecule has 72 valence electrons. The minimum Gasteiger partial charge on any atom is -0.466 e. The topological polar surface area (TPSA) is 18.5 Å². The van der Waals surface area contributed by atoms with E-state index in [1.165, 1.54) is 7.11 Å². The van der Waals surface area contributed by atoms with Crippen molar-refractivity contribution in [3.63, 3.8) is 0 Å². The van der Waals surface area contributed by atoms with Crippen LogP contribution in [0.15, 0.2) is 12.1 Å². The van der Waals surface area contributed by atoms with Gasteiger partial charge in [0.15, 0.2) is 6.79 Å². The average Bonchev–Trinajstić information content (AvgIpc) is 2.13. The third kappa shape index (κ3) is 2.54. The Labute approximate surface area is 90.2 Å². The molecular weight excluding hydrogens is 286 g/mol. The first-order chi connectivity index (χ1) is 6.16. The molecule has 2 nitrogen and oxygen atoms in total. The van der Waals surface area contributed by atoms with Crippen LogP contribution in [0, 0.1) is 16.3 Å². The Kier molecular flexibility index (Phi) is 3.92. The van der Waals surface area contributed by atoms with Gasteiger partial charge in [0.25, 0.3) is 0 Å². The third-order valence-corrected chi connectivity index (χ3v) is 2.58. The van der Waals surface area contributed by atoms with Gasteiger partial charge >= 0.3 is 0 Å². The summed E-state index contributed by atoms with van der Waals surface area (Å²) in [5.74, 6) is 0.291. The molecule has 1 aromatic carbocycles. The van der Waals surface area contributed by atoms with Crippen LogP contribution < -0.4 is 4.74 Å². The smallest absolute Gasteiger partial charge is 0.188 e. The maximum absolute atomic E-state index is 13.3. The highest BCUT2D eigenvalue weighted by atomic mass is 127. The summed E-state index contributed by atoms with van der Waals surface area (Å²) in [6, 6.07) is 3.42. The maximum atomic E-state index is 13.3. The van der Waals surface area contributed by atoms with E-state index >= 15 is 0 Å². The molecule has 0 aliphatic heterocycles. The van der Waals surface area contributed by atoms with Crippen molar-refractivity contribution in [2.45, 2.75) is 6.92 Å². The standard InChI is InChI=1S/C9H10FIO2/c1-6-3-4-7(13-5-12-2)9(11)8(6)10/h3-4H,5H2,1-2H3. The van der Waals surface area contributed by atoms with E-state index in [-0.39, 0.29) is 12.6 Å². The largest absolute Gasteiger partial charge is 0.466 e. The normalized spacial score (nSPS) is 10.2. The van der Waals surface area contributed by atoms with Crippen molar-refractivity contribution < 1.29 is 13.9 Å². The number of ether oxygens (including phenoxy) is 2. The number of hydrogen-bond donors (Lipinski definition) is 0. The van der Waals surface area contributed by atoms with Gasteiger partial charge in [-0.25, -0.2) is 4.39 Å². The Hall–Kier alpha value is -0.360. The Morgan fingerprint density at radius 3 is 2.77 bits per heavy atom. The van der Waals surface area contributed by atoms with Crippen LogP contribution in [0.4, 0.5) is 4.39 Å². The molecule has 0 fully saturated rings. The predicted molar refractivity (Wildman–Crippen MR) is 56.4 cm³/mol. The summed E-state index contributed by atoms with van der Waals surface area (Å²) in [7, 11) is 1.53. The lowest BCUT2D eigenvalue weighted by atomic mass is 10.2. The predicted octanol–water partition coefficient (Wildman–Crippen LogP) is 2.72. The maximum Gasteiger partial charge on any atom is 0.188 e. The Morgan fingerprint density at radius 1 is 1.46 bits per heavy atom. The van der Waals surface area contributed by atoms with Crippen LogP contribution in [0.3, 0.4) is 0 Å². The zero-order valence-corrected chi connectivity index (χ0v) is 9.59. The van der Waals surface area contributed by atoms with E-state index in [1.54, 1.807) is 19.1 Å². The molecule has 4 heteroatoms. The molecule has 0 aliphatic rings. The van der Waals surface area contributed by atoms with E-state index in [1.807, 2.05) is 22.6 Å². The minimum absolute atomic E-state index is 0.137. The zero-order valence-electron chi connectivity index (χ0n) is 7.43. The van der Waals surface area contributed by atoms with Gasteiger partial charge in [-0.2, -0.15) is 0 Å². The Balaban J connectivity index is 2.90. The second-order valence-electron chi connectivity index (χ2n) is 2.56. The summed E-state index contributed by atoms with van der Waals surface area (Å²) in [5, 5.41) is 0. The number of rotatable bonds is 3. The van der Waals surface area contributed by atoms with E-state index in [0.29, 0.717) is 14.9 Å². The second-order valence-corrected chi connectivity index (χ2v) is 3.64. The monoisotopic (exact) mass is 296 g/mol. The molecular formula is C9H10FIO2. The van der Waals surface area contributed by atoms with Gasteiger partial charge in [-0.15, -0.1) is 0 Å². The molecule has 13 heavy (non-hydrogen) atoms. The Morgan fingerprint density at radius 2 is 2.15 bits per heavy atom. The highest BCUT2D eigenvalue weighted by Crippen LogP contribution is 2.25. The molecule has 0 aromatic heterocycles. The van der Waals surface area contributed by atoms with Gasteiger partial charge in [-0.3, -0.25) is 0 Å². The molecule has 0 heterocycles. The minimum atomic E-state index is -0.228. The molecule has 0 radical (unpaired) electrons. The molecule has 0 saturated carbocycles. The van der Waals surface area contributed by atoms with E-state index in [0.717, 1.165) is 0 Å². The molecule has 0 unspecified atom stereocenters. The number of benzene rings is 1. The molecule has 0 aliphatic carbocycles. The first-order valence-corrected chi connectivity index (χ1v) is 4.81. The average molecular weight is 296 g/mol. The van der Waals surface area contributed by atoms with Crippen molar-refractivity contribution in [1.82, 2.24) is 0 Å². The summed E-state index contributed by atoms with van der Waals surface area (Å²) in [6.45, 7) is 1.86. The van der Waals surface area contributed by atoms with Crippen LogP contribution >= 0.6 is 22.6 Å². The molecule has 1 rings (SSSR count). The number of methoxy groups -OCH3 is 1. The lowest BCUT2D eigenvalue weighted by molar-refractivity contribution is 0.0502. The number of aryl methyl sites for hydroxylation is 1. The van der Waals surface area contributed by atoms with Crippen LogP contribution in [0.25, 0.3) is 0 Å². The molecule has 1 aromatic rings. The van der Waals surface area contributed by atoms with Gasteiger partial charge in [0.2, 0.25) is 0 Å². The van der Waals surface area contributed by atoms with Crippen LogP contribution in [-0.2, 0) is 4.74 Å². The SMILES string of the molecule is COCOc1ccc(C)c(F)c1I. The van der Waals surface area contributed by atoms with Crippen molar-refractivity contribution in [3.8, 4) is 5.75 Å². The highest BCUT2D eigenvalue weighted by molar-refractivity contribution is 14.1. The fourth-order valence-corrected chi connectivity index (χ4v) is 1.62. The van der Waals surface area contributed by atoms with Crippen molar-refractivity contribution in [2.75, 3.05) is 13.9 Å². The van der Waals surface area contributed by atoms with Crippen molar-refractivity contribution in [2.24, 2.45) is 0 Å². The highest BCUT2D eigenvalue weighted by Gasteiger charge is 2.08. The van der Waals surface area contributed by atoms with Crippen LogP contribution in [0.1, 0.15) is 5.56 Å². The molecule has 0 amide bonds. The number of halogens is 2. The van der Waals surface area contributed by atoms with Crippen LogP contribution in [0.5, 0.6) is 5.75 Å². The number of hydrogen-bond acceptors (Lipinski definition) is 2. The van der Waals surface area contributed by atoms with E-state index in [4.69, 9.17) is 9.47 Å². The summed E-state index contributed by atoms with van der Waals surface area (Å²) in [6.07, 6.45) is 0. The van der Waals surface area contributed by atoms with Gasteiger partial charge in [0, 0.05) is 7.11 Å². The Bertz CT molecular complexity index is 302. The molecule has 0 bridgehead atoms. The van der Waals surface area contributed by atoms with Crippen LogP contribution in [-0.4, -0.2) is 13.9 Å². The molecule has 0 saturated heterocycles. The molecule has 0 atom stereocenters. The molecule has 0 N–H and O–H groups in total.